The molecule has 0 bridgehead atoms. The molecule has 0 aliphatic rings. The van der Waals surface area contributed by atoms with Crippen LogP contribution in [0.3, 0.4) is 0 Å². The molecule has 0 amide bonds. The molecule has 1 aromatic carbocycles. The van der Waals surface area contributed by atoms with Gasteiger partial charge in [0.1, 0.15) is 5.82 Å². The quantitative estimate of drug-likeness (QED) is 0.807. The number of nitrogens with one attached hydrogen (secondary N) is 1. The van der Waals surface area contributed by atoms with Crippen LogP contribution in [0.1, 0.15) is 18.8 Å². The Morgan fingerprint density at radius 2 is 1.87 bits per heavy atom. The van der Waals surface area contributed by atoms with Crippen LogP contribution in [-0.4, -0.2) is 15.4 Å². The Hall–Kier alpha value is -0.810. The van der Waals surface area contributed by atoms with E-state index >= 15 is 0 Å². The van der Waals surface area contributed by atoms with Gasteiger partial charge in [0.15, 0.2) is 0 Å². The van der Waals surface area contributed by atoms with E-state index in [1.807, 2.05) is 31.2 Å². The molecule has 86 valence electrons. The van der Waals surface area contributed by atoms with Crippen molar-refractivity contribution in [1.29, 1.82) is 0 Å². The Morgan fingerprint density at radius 3 is 2.40 bits per heavy atom. The van der Waals surface area contributed by atoms with Gasteiger partial charge in [0.25, 0.3) is 0 Å². The third-order valence-corrected chi connectivity index (χ3v) is 1.84. The van der Waals surface area contributed by atoms with E-state index in [9.17, 15) is 0 Å². The summed E-state index contributed by atoms with van der Waals surface area (Å²) in [7, 11) is 0. The number of halogens is 2. The number of H-pyrrole nitrogens is 1. The lowest BCUT2D eigenvalue weighted by molar-refractivity contribution is 0.760. The van der Waals surface area contributed by atoms with Crippen LogP contribution >= 0.6 is 24.8 Å². The molecular weight excluding hydrogens is 237 g/mol. The van der Waals surface area contributed by atoms with E-state index in [1.54, 1.807) is 0 Å². The molecule has 0 fully saturated rings. The number of rotatable bonds is 1. The third-order valence-electron chi connectivity index (χ3n) is 1.84. The van der Waals surface area contributed by atoms with Gasteiger partial charge >= 0.3 is 0 Å². The molecule has 0 spiro atoms. The topological polar surface area (TPSA) is 86.2 Å². The monoisotopic (exact) mass is 251 g/mol. The van der Waals surface area contributed by atoms with E-state index in [2.05, 4.69) is 9.97 Å². The number of hydrogen-bond acceptors (Lipinski definition) is 2. The van der Waals surface area contributed by atoms with Crippen molar-refractivity contribution in [1.82, 2.24) is 9.97 Å². The maximum Gasteiger partial charge on any atom is 0.123 e. The van der Waals surface area contributed by atoms with Crippen molar-refractivity contribution in [2.75, 3.05) is 0 Å². The minimum absolute atomic E-state index is 0. The Bertz CT molecular complexity index is 370. The highest BCUT2D eigenvalue weighted by atomic mass is 35.5. The Balaban J connectivity index is 0. The molecule has 1 aromatic heterocycles. The summed E-state index contributed by atoms with van der Waals surface area (Å²) in [6.45, 7) is 1.91. The number of benzene rings is 1. The average Bonchev–Trinajstić information content (AvgIpc) is 2.46. The molecule has 0 radical (unpaired) electrons. The van der Waals surface area contributed by atoms with Crippen LogP contribution in [0.5, 0.6) is 0 Å². The lowest BCUT2D eigenvalue weighted by atomic mass is 10.3. The zero-order chi connectivity index (χ0) is 8.55. The lowest BCUT2D eigenvalue weighted by Gasteiger charge is -1.96. The molecule has 5 N–H and O–H groups in total. The second kappa shape index (κ2) is 6.63. The normalized spacial score (nSPS) is 10.8. The van der Waals surface area contributed by atoms with E-state index < -0.39 is 0 Å². The molecule has 2 rings (SSSR count). The predicted molar refractivity (Wildman–Crippen MR) is 66.8 cm³/mol. The number of aromatic amines is 1. The molecule has 4 nitrogen and oxygen atoms in total. The number of hydrogen-bond donors (Lipinski definition) is 2. The molecule has 0 saturated heterocycles. The summed E-state index contributed by atoms with van der Waals surface area (Å²) in [5.41, 5.74) is 7.71. The lowest BCUT2D eigenvalue weighted by Crippen LogP contribution is -2.06. The van der Waals surface area contributed by atoms with Gasteiger partial charge in [0.2, 0.25) is 0 Å². The molecule has 0 saturated carbocycles. The van der Waals surface area contributed by atoms with Gasteiger partial charge in [-0.2, -0.15) is 0 Å². The highest BCUT2D eigenvalue weighted by Gasteiger charge is 2.04. The van der Waals surface area contributed by atoms with Gasteiger partial charge in [-0.05, 0) is 19.1 Å². The van der Waals surface area contributed by atoms with Gasteiger partial charge in [-0.1, -0.05) is 12.1 Å². The largest absolute Gasteiger partial charge is 0.412 e. The van der Waals surface area contributed by atoms with Gasteiger partial charge in [0, 0.05) is 0 Å². The van der Waals surface area contributed by atoms with Gasteiger partial charge < -0.3 is 16.2 Å². The molecule has 15 heavy (non-hydrogen) atoms. The summed E-state index contributed by atoms with van der Waals surface area (Å²) in [4.78, 5) is 7.49. The molecular formula is C9H15Cl2N3O. The summed E-state index contributed by atoms with van der Waals surface area (Å²) in [5, 5.41) is 0. The second-order valence-electron chi connectivity index (χ2n) is 2.93. The fraction of sp³-hybridized carbons (Fsp3) is 0.222. The number of nitrogens with zero attached hydrogens (tertiary/aromatic N) is 1. The van der Waals surface area contributed by atoms with E-state index in [4.69, 9.17) is 5.73 Å². The first-order chi connectivity index (χ1) is 5.77. The third kappa shape index (κ3) is 3.35. The van der Waals surface area contributed by atoms with Gasteiger partial charge in [-0.3, -0.25) is 0 Å². The Labute approximate surface area is 100 Å². The predicted octanol–water partition coefficient (Wildman–Crippen LogP) is 1.60. The number of para-hydroxylation sites is 2. The van der Waals surface area contributed by atoms with Crippen LogP contribution in [-0.2, 0) is 0 Å². The van der Waals surface area contributed by atoms with Crippen molar-refractivity contribution < 1.29 is 5.48 Å². The van der Waals surface area contributed by atoms with E-state index in [-0.39, 0.29) is 36.3 Å². The van der Waals surface area contributed by atoms with Gasteiger partial charge in [-0.15, -0.1) is 24.8 Å². The van der Waals surface area contributed by atoms with Crippen LogP contribution in [0.2, 0.25) is 0 Å². The SMILES string of the molecule is CC(N)c1nc2ccccc2[nH]1.Cl.Cl.O. The fourth-order valence-corrected chi connectivity index (χ4v) is 1.19. The molecule has 2 aromatic rings. The summed E-state index contributed by atoms with van der Waals surface area (Å²) < 4.78 is 0. The van der Waals surface area contributed by atoms with Crippen molar-refractivity contribution in [3.8, 4) is 0 Å². The highest BCUT2D eigenvalue weighted by molar-refractivity contribution is 5.85. The molecule has 1 atom stereocenters. The first kappa shape index (κ1) is 16.6. The zero-order valence-electron chi connectivity index (χ0n) is 8.23. The smallest absolute Gasteiger partial charge is 0.123 e. The zero-order valence-corrected chi connectivity index (χ0v) is 9.86. The van der Waals surface area contributed by atoms with Crippen molar-refractivity contribution in [2.24, 2.45) is 5.73 Å². The van der Waals surface area contributed by atoms with Crippen LogP contribution in [0.4, 0.5) is 0 Å². The highest BCUT2D eigenvalue weighted by Crippen LogP contribution is 2.13. The van der Waals surface area contributed by atoms with Crippen LogP contribution in [0, 0.1) is 0 Å². The summed E-state index contributed by atoms with van der Waals surface area (Å²) in [6, 6.07) is 7.88. The van der Waals surface area contributed by atoms with Crippen molar-refractivity contribution in [2.45, 2.75) is 13.0 Å². The average molecular weight is 252 g/mol. The molecule has 0 aliphatic heterocycles. The van der Waals surface area contributed by atoms with Crippen molar-refractivity contribution >= 4 is 35.8 Å². The maximum atomic E-state index is 5.68. The molecule has 1 heterocycles. The molecule has 1 unspecified atom stereocenters. The van der Waals surface area contributed by atoms with E-state index in [1.165, 1.54) is 0 Å². The summed E-state index contributed by atoms with van der Waals surface area (Å²) >= 11 is 0. The van der Waals surface area contributed by atoms with Crippen LogP contribution in [0.15, 0.2) is 24.3 Å². The number of nitrogens with two attached hydrogens (primary N) is 1. The van der Waals surface area contributed by atoms with E-state index in [0.717, 1.165) is 16.9 Å². The summed E-state index contributed by atoms with van der Waals surface area (Å²) in [5.74, 6) is 0.844. The van der Waals surface area contributed by atoms with E-state index in [0.29, 0.717) is 0 Å². The summed E-state index contributed by atoms with van der Waals surface area (Å²) in [6.07, 6.45) is 0. The van der Waals surface area contributed by atoms with Crippen LogP contribution in [0.25, 0.3) is 11.0 Å². The number of fused-ring (bicyclic) bond motifs is 1. The number of imidazole rings is 1. The molecule has 0 aliphatic carbocycles. The van der Waals surface area contributed by atoms with Crippen molar-refractivity contribution in [3.63, 3.8) is 0 Å². The maximum absolute atomic E-state index is 5.68. The fourth-order valence-electron chi connectivity index (χ4n) is 1.19. The Morgan fingerprint density at radius 1 is 1.27 bits per heavy atom. The second-order valence-corrected chi connectivity index (χ2v) is 2.93. The number of aromatic nitrogens is 2. The van der Waals surface area contributed by atoms with Gasteiger partial charge in [-0.25, -0.2) is 4.98 Å². The Kier molecular flexibility index (Phi) is 7.35. The van der Waals surface area contributed by atoms with Crippen molar-refractivity contribution in [3.05, 3.63) is 30.1 Å². The first-order valence-electron chi connectivity index (χ1n) is 3.97. The molecule has 6 heteroatoms. The first-order valence-corrected chi connectivity index (χ1v) is 3.97. The standard InChI is InChI=1S/C9H11N3.2ClH.H2O/c1-6(10)9-11-7-4-2-3-5-8(7)12-9;;;/h2-6H,10H2,1H3,(H,11,12);2*1H;1H2. The van der Waals surface area contributed by atoms with Crippen LogP contribution < -0.4 is 5.73 Å². The minimum atomic E-state index is -0.0302. The minimum Gasteiger partial charge on any atom is -0.412 e. The van der Waals surface area contributed by atoms with Gasteiger partial charge in [0.05, 0.1) is 17.1 Å².